The molecule has 1 N–H and O–H groups in total. The van der Waals surface area contributed by atoms with Crippen LogP contribution in [-0.2, 0) is 4.79 Å². The predicted molar refractivity (Wildman–Crippen MR) is 104 cm³/mol. The molecule has 2 unspecified atom stereocenters. The number of hydrogen-bond acceptors (Lipinski definition) is 2. The van der Waals surface area contributed by atoms with Crippen molar-refractivity contribution >= 4 is 11.6 Å². The minimum atomic E-state index is -0.0109. The molecule has 128 valence electrons. The molecular weight excluding hydrogens is 320 g/mol. The van der Waals surface area contributed by atoms with E-state index in [-0.39, 0.29) is 11.8 Å². The van der Waals surface area contributed by atoms with Crippen LogP contribution in [0.1, 0.15) is 29.0 Å². The molecule has 1 fully saturated rings. The molecule has 3 aromatic rings. The summed E-state index contributed by atoms with van der Waals surface area (Å²) in [4.78, 5) is 12.5. The topological polar surface area (TPSA) is 41.5 Å². The Kier molecular flexibility index (Phi) is 4.61. The molecule has 2 atom stereocenters. The van der Waals surface area contributed by atoms with Gasteiger partial charge < -0.3 is 0 Å². The first-order chi connectivity index (χ1) is 12.8. The Bertz CT molecular complexity index is 863. The van der Waals surface area contributed by atoms with Crippen LogP contribution in [0.5, 0.6) is 0 Å². The number of carbonyl (C=O) groups excluding carboxylic acids is 1. The van der Waals surface area contributed by atoms with Gasteiger partial charge in [-0.05, 0) is 17.9 Å². The summed E-state index contributed by atoms with van der Waals surface area (Å²) in [5.41, 5.74) is 6.75. The molecule has 1 amide bonds. The molecular formula is C23H20N2O. The fraction of sp³-hybridized carbons (Fsp3) is 0.130. The first-order valence-electron chi connectivity index (χ1n) is 8.86. The molecule has 4 rings (SSSR count). The van der Waals surface area contributed by atoms with E-state index in [0.717, 1.165) is 23.3 Å². The molecule has 26 heavy (non-hydrogen) atoms. The zero-order valence-electron chi connectivity index (χ0n) is 14.4. The number of benzene rings is 3. The lowest BCUT2D eigenvalue weighted by Crippen LogP contribution is -2.22. The van der Waals surface area contributed by atoms with E-state index in [1.165, 1.54) is 5.56 Å². The number of rotatable bonds is 5. The van der Waals surface area contributed by atoms with Crippen LogP contribution in [0.3, 0.4) is 0 Å². The minimum absolute atomic E-state index is 0.00828. The maximum absolute atomic E-state index is 12.5. The smallest absolute Gasteiger partial charge is 0.243 e. The van der Waals surface area contributed by atoms with Gasteiger partial charge in [-0.3, -0.25) is 4.79 Å². The third-order valence-electron chi connectivity index (χ3n) is 4.73. The highest BCUT2D eigenvalue weighted by Crippen LogP contribution is 2.47. The first-order valence-corrected chi connectivity index (χ1v) is 8.86. The van der Waals surface area contributed by atoms with Gasteiger partial charge in [-0.25, -0.2) is 5.43 Å². The third kappa shape index (κ3) is 3.57. The Labute approximate surface area is 153 Å². The Morgan fingerprint density at radius 2 is 1.27 bits per heavy atom. The van der Waals surface area contributed by atoms with Crippen molar-refractivity contribution in [2.75, 3.05) is 0 Å². The number of amides is 1. The third-order valence-corrected chi connectivity index (χ3v) is 4.73. The lowest BCUT2D eigenvalue weighted by Gasteiger charge is -2.08. The summed E-state index contributed by atoms with van der Waals surface area (Å²) >= 11 is 0. The van der Waals surface area contributed by atoms with Gasteiger partial charge >= 0.3 is 0 Å². The van der Waals surface area contributed by atoms with Gasteiger partial charge in [-0.2, -0.15) is 5.10 Å². The number of hydrazone groups is 1. The maximum atomic E-state index is 12.5. The highest BCUT2D eigenvalue weighted by Gasteiger charge is 2.43. The summed E-state index contributed by atoms with van der Waals surface area (Å²) in [5, 5.41) is 4.47. The van der Waals surface area contributed by atoms with E-state index in [4.69, 9.17) is 0 Å². The average molecular weight is 340 g/mol. The molecule has 3 aromatic carbocycles. The van der Waals surface area contributed by atoms with E-state index >= 15 is 0 Å². The van der Waals surface area contributed by atoms with Crippen molar-refractivity contribution in [2.24, 2.45) is 11.0 Å². The quantitative estimate of drug-likeness (QED) is 0.544. The summed E-state index contributed by atoms with van der Waals surface area (Å²) in [5.74, 6) is 0.306. The summed E-state index contributed by atoms with van der Waals surface area (Å²) in [6.07, 6.45) is 0.886. The molecule has 3 heteroatoms. The van der Waals surface area contributed by atoms with Gasteiger partial charge in [0, 0.05) is 17.0 Å². The van der Waals surface area contributed by atoms with Gasteiger partial charge in [0.05, 0.1) is 5.71 Å². The van der Waals surface area contributed by atoms with Gasteiger partial charge in [0.2, 0.25) is 5.91 Å². The lowest BCUT2D eigenvalue weighted by molar-refractivity contribution is -0.122. The van der Waals surface area contributed by atoms with Crippen molar-refractivity contribution in [3.8, 4) is 0 Å². The molecule has 0 bridgehead atoms. The largest absolute Gasteiger partial charge is 0.273 e. The van der Waals surface area contributed by atoms with Crippen LogP contribution in [0, 0.1) is 5.92 Å². The molecule has 0 saturated heterocycles. The molecule has 0 heterocycles. The van der Waals surface area contributed by atoms with Gasteiger partial charge in [0.1, 0.15) is 0 Å². The van der Waals surface area contributed by atoms with Gasteiger partial charge in [0.15, 0.2) is 0 Å². The molecule has 0 spiro atoms. The number of hydrogen-bond donors (Lipinski definition) is 1. The van der Waals surface area contributed by atoms with Gasteiger partial charge in [0.25, 0.3) is 0 Å². The van der Waals surface area contributed by atoms with Crippen LogP contribution in [0.2, 0.25) is 0 Å². The van der Waals surface area contributed by atoms with E-state index in [2.05, 4.69) is 22.7 Å². The lowest BCUT2D eigenvalue weighted by atomic mass is 10.0. The second-order valence-corrected chi connectivity index (χ2v) is 6.53. The van der Waals surface area contributed by atoms with E-state index in [9.17, 15) is 4.79 Å². The maximum Gasteiger partial charge on any atom is 0.243 e. The van der Waals surface area contributed by atoms with Crippen LogP contribution in [0.4, 0.5) is 0 Å². The Morgan fingerprint density at radius 1 is 0.769 bits per heavy atom. The average Bonchev–Trinajstić information content (AvgIpc) is 3.51. The summed E-state index contributed by atoms with van der Waals surface area (Å²) in [7, 11) is 0. The van der Waals surface area contributed by atoms with Crippen molar-refractivity contribution in [1.82, 2.24) is 5.43 Å². The zero-order valence-corrected chi connectivity index (χ0v) is 14.4. The van der Waals surface area contributed by atoms with Gasteiger partial charge in [-0.15, -0.1) is 0 Å². The van der Waals surface area contributed by atoms with E-state index in [1.54, 1.807) is 0 Å². The minimum Gasteiger partial charge on any atom is -0.273 e. The van der Waals surface area contributed by atoms with Crippen LogP contribution in [0.15, 0.2) is 96.1 Å². The fourth-order valence-corrected chi connectivity index (χ4v) is 3.24. The van der Waals surface area contributed by atoms with E-state index in [1.807, 2.05) is 78.9 Å². The van der Waals surface area contributed by atoms with Gasteiger partial charge in [-0.1, -0.05) is 91.0 Å². The van der Waals surface area contributed by atoms with Crippen LogP contribution < -0.4 is 5.43 Å². The summed E-state index contributed by atoms with van der Waals surface area (Å²) < 4.78 is 0. The summed E-state index contributed by atoms with van der Waals surface area (Å²) in [6.45, 7) is 0. The highest BCUT2D eigenvalue weighted by atomic mass is 16.2. The predicted octanol–water partition coefficient (Wildman–Crippen LogP) is 4.36. The van der Waals surface area contributed by atoms with E-state index in [0.29, 0.717) is 5.92 Å². The van der Waals surface area contributed by atoms with Crippen molar-refractivity contribution in [2.45, 2.75) is 12.3 Å². The molecule has 3 nitrogen and oxygen atoms in total. The monoisotopic (exact) mass is 340 g/mol. The molecule has 0 radical (unpaired) electrons. The number of carbonyl (C=O) groups is 1. The number of nitrogens with zero attached hydrogens (tertiary/aromatic N) is 1. The normalized spacial score (nSPS) is 18.0. The fourth-order valence-electron chi connectivity index (χ4n) is 3.24. The van der Waals surface area contributed by atoms with Crippen molar-refractivity contribution in [3.63, 3.8) is 0 Å². The Hall–Kier alpha value is -3.20. The van der Waals surface area contributed by atoms with Crippen LogP contribution in [-0.4, -0.2) is 11.6 Å². The molecule has 1 saturated carbocycles. The van der Waals surface area contributed by atoms with Crippen molar-refractivity contribution < 1.29 is 4.79 Å². The molecule has 0 aromatic heterocycles. The van der Waals surface area contributed by atoms with Crippen LogP contribution >= 0.6 is 0 Å². The SMILES string of the molecule is O=C(NN=C(c1ccccc1)c1ccccc1)C1CC1c1ccccc1. The molecule has 1 aliphatic rings. The van der Waals surface area contributed by atoms with Crippen molar-refractivity contribution in [1.29, 1.82) is 0 Å². The standard InChI is InChI=1S/C23H20N2O/c26-23(21-16-20(21)17-10-4-1-5-11-17)25-24-22(18-12-6-2-7-13-18)19-14-8-3-9-15-19/h1-15,20-21H,16H2,(H,25,26). The second-order valence-electron chi connectivity index (χ2n) is 6.53. The molecule has 0 aliphatic heterocycles. The van der Waals surface area contributed by atoms with Crippen LogP contribution in [0.25, 0.3) is 0 Å². The number of nitrogens with one attached hydrogen (secondary N) is 1. The Morgan fingerprint density at radius 3 is 1.81 bits per heavy atom. The second kappa shape index (κ2) is 7.36. The Balaban J connectivity index is 1.52. The van der Waals surface area contributed by atoms with E-state index < -0.39 is 0 Å². The molecule has 1 aliphatic carbocycles. The zero-order chi connectivity index (χ0) is 17.8. The van der Waals surface area contributed by atoms with Crippen molar-refractivity contribution in [3.05, 3.63) is 108 Å². The summed E-state index contributed by atoms with van der Waals surface area (Å²) in [6, 6.07) is 30.0. The first kappa shape index (κ1) is 16.3. The highest BCUT2D eigenvalue weighted by molar-refractivity contribution is 6.13.